The molecule has 0 bridgehead atoms. The van der Waals surface area contributed by atoms with E-state index in [0.717, 1.165) is 51.8 Å². The normalized spacial score (nSPS) is 22.4. The van der Waals surface area contributed by atoms with Crippen molar-refractivity contribution in [2.24, 2.45) is 5.41 Å². The monoisotopic (exact) mass is 362 g/mol. The van der Waals surface area contributed by atoms with E-state index in [1.807, 2.05) is 0 Å². The number of methoxy groups -OCH3 is 1. The summed E-state index contributed by atoms with van der Waals surface area (Å²) in [5.41, 5.74) is -0.522. The third kappa shape index (κ3) is 5.58. The lowest BCUT2D eigenvalue weighted by atomic mass is 9.78. The lowest BCUT2D eigenvalue weighted by molar-refractivity contribution is -0.139. The predicted octanol–water partition coefficient (Wildman–Crippen LogP) is 2.67. The van der Waals surface area contributed by atoms with Crippen LogP contribution in [0.2, 0.25) is 0 Å². The molecule has 24 heavy (non-hydrogen) atoms. The average molecular weight is 363 g/mol. The molecule has 1 saturated heterocycles. The number of carbonyl (C=O) groups excluding carboxylic acids is 1. The van der Waals surface area contributed by atoms with E-state index >= 15 is 0 Å². The van der Waals surface area contributed by atoms with Crippen LogP contribution in [-0.4, -0.2) is 51.5 Å². The van der Waals surface area contributed by atoms with E-state index in [4.69, 9.17) is 9.47 Å². The third-order valence-electron chi connectivity index (χ3n) is 5.41. The molecule has 0 atom stereocenters. The summed E-state index contributed by atoms with van der Waals surface area (Å²) in [6, 6.07) is 0. The minimum absolute atomic E-state index is 0. The Morgan fingerprint density at radius 2 is 1.79 bits per heavy atom. The number of piperidine rings is 1. The molecule has 1 amide bonds. The van der Waals surface area contributed by atoms with E-state index in [2.05, 4.69) is 17.6 Å². The van der Waals surface area contributed by atoms with Gasteiger partial charge in [-0.15, -0.1) is 12.4 Å². The smallest absolute Gasteiger partial charge is 0.228 e. The molecule has 6 heteroatoms. The van der Waals surface area contributed by atoms with Crippen molar-refractivity contribution in [2.45, 2.75) is 63.9 Å². The Labute approximate surface area is 153 Å². The van der Waals surface area contributed by atoms with Crippen molar-refractivity contribution in [2.75, 3.05) is 40.0 Å². The summed E-state index contributed by atoms with van der Waals surface area (Å²) in [6.07, 6.45) is 8.52. The number of nitrogens with one attached hydrogen (secondary N) is 2. The van der Waals surface area contributed by atoms with Crippen molar-refractivity contribution in [3.8, 4) is 0 Å². The largest absolute Gasteiger partial charge is 0.384 e. The lowest BCUT2D eigenvalue weighted by Crippen LogP contribution is -2.54. The van der Waals surface area contributed by atoms with Gasteiger partial charge in [0.15, 0.2) is 0 Å². The number of carbonyl (C=O) groups is 1. The Morgan fingerprint density at radius 1 is 1.12 bits per heavy atom. The molecule has 142 valence electrons. The van der Waals surface area contributed by atoms with Crippen molar-refractivity contribution in [3.63, 3.8) is 0 Å². The van der Waals surface area contributed by atoms with Crippen LogP contribution in [0.15, 0.2) is 0 Å². The second-order valence-corrected chi connectivity index (χ2v) is 7.24. The van der Waals surface area contributed by atoms with Gasteiger partial charge in [-0.25, -0.2) is 0 Å². The molecule has 2 aliphatic rings. The van der Waals surface area contributed by atoms with Crippen LogP contribution in [0.3, 0.4) is 0 Å². The van der Waals surface area contributed by atoms with Gasteiger partial charge in [0.2, 0.25) is 5.91 Å². The second-order valence-electron chi connectivity index (χ2n) is 7.24. The topological polar surface area (TPSA) is 59.6 Å². The van der Waals surface area contributed by atoms with Gasteiger partial charge >= 0.3 is 0 Å². The molecule has 5 nitrogen and oxygen atoms in total. The predicted molar refractivity (Wildman–Crippen MR) is 98.7 cm³/mol. The van der Waals surface area contributed by atoms with Crippen LogP contribution in [0, 0.1) is 5.41 Å². The molecule has 0 radical (unpaired) electrons. The molecule has 2 fully saturated rings. The van der Waals surface area contributed by atoms with Gasteiger partial charge in [0.05, 0.1) is 17.6 Å². The van der Waals surface area contributed by atoms with Crippen molar-refractivity contribution in [1.29, 1.82) is 0 Å². The fourth-order valence-electron chi connectivity index (χ4n) is 3.93. The Hall–Kier alpha value is -0.360. The summed E-state index contributed by atoms with van der Waals surface area (Å²) < 4.78 is 11.6. The maximum atomic E-state index is 12.9. The quantitative estimate of drug-likeness (QED) is 0.697. The zero-order valence-electron chi connectivity index (χ0n) is 15.3. The summed E-state index contributed by atoms with van der Waals surface area (Å²) in [7, 11) is 1.68. The average Bonchev–Trinajstić information content (AvgIpc) is 2.60. The Kier molecular flexibility index (Phi) is 9.57. The van der Waals surface area contributed by atoms with Gasteiger partial charge in [0.25, 0.3) is 0 Å². The first kappa shape index (κ1) is 21.7. The summed E-state index contributed by atoms with van der Waals surface area (Å²) in [4.78, 5) is 12.9. The van der Waals surface area contributed by atoms with E-state index in [1.165, 1.54) is 19.3 Å². The van der Waals surface area contributed by atoms with Crippen molar-refractivity contribution < 1.29 is 14.3 Å². The van der Waals surface area contributed by atoms with Crippen LogP contribution in [0.25, 0.3) is 0 Å². The first-order chi connectivity index (χ1) is 11.2. The van der Waals surface area contributed by atoms with Crippen molar-refractivity contribution >= 4 is 18.3 Å². The third-order valence-corrected chi connectivity index (χ3v) is 5.41. The van der Waals surface area contributed by atoms with Gasteiger partial charge in [-0.2, -0.15) is 0 Å². The van der Waals surface area contributed by atoms with Crippen LogP contribution >= 0.6 is 12.4 Å². The number of rotatable bonds is 8. The minimum atomic E-state index is -0.374. The van der Waals surface area contributed by atoms with E-state index in [-0.39, 0.29) is 29.3 Å². The highest BCUT2D eigenvalue weighted by Gasteiger charge is 2.41. The van der Waals surface area contributed by atoms with Gasteiger partial charge in [-0.1, -0.05) is 26.2 Å². The number of hydrogen-bond acceptors (Lipinski definition) is 4. The zero-order chi connectivity index (χ0) is 16.6. The summed E-state index contributed by atoms with van der Waals surface area (Å²) in [6.45, 7) is 5.83. The van der Waals surface area contributed by atoms with Gasteiger partial charge < -0.3 is 20.1 Å². The highest BCUT2D eigenvalue weighted by Crippen LogP contribution is 2.33. The summed E-state index contributed by atoms with van der Waals surface area (Å²) in [5.74, 6) is 0.144. The molecular formula is C18H35ClN2O3. The molecular weight excluding hydrogens is 328 g/mol. The molecule has 0 aromatic heterocycles. The van der Waals surface area contributed by atoms with E-state index in [1.54, 1.807) is 7.11 Å². The van der Waals surface area contributed by atoms with Crippen LogP contribution < -0.4 is 10.6 Å². The molecule has 2 rings (SSSR count). The highest BCUT2D eigenvalue weighted by molar-refractivity contribution is 5.85. The number of hydrogen-bond donors (Lipinski definition) is 2. The molecule has 0 aromatic carbocycles. The molecule has 0 unspecified atom stereocenters. The van der Waals surface area contributed by atoms with E-state index in [9.17, 15) is 4.79 Å². The Morgan fingerprint density at radius 3 is 2.38 bits per heavy atom. The zero-order valence-corrected chi connectivity index (χ0v) is 16.1. The molecule has 1 aliphatic carbocycles. The van der Waals surface area contributed by atoms with Gasteiger partial charge in [-0.05, 0) is 45.2 Å². The molecule has 2 N–H and O–H groups in total. The van der Waals surface area contributed by atoms with Crippen LogP contribution in [0.1, 0.15) is 58.3 Å². The molecule has 0 aromatic rings. The summed E-state index contributed by atoms with van der Waals surface area (Å²) in [5, 5.41) is 6.56. The fourth-order valence-corrected chi connectivity index (χ4v) is 3.93. The standard InChI is InChI=1S/C18H34N2O3.ClH/c1-3-13-23-18(7-5-4-6-8-18)14-20-16(21)17(15-22-2)9-11-19-12-10-17;/h19H,3-15H2,1-2H3,(H,20,21);1H. The van der Waals surface area contributed by atoms with Crippen LogP contribution in [0.4, 0.5) is 0 Å². The Bertz CT molecular complexity index is 362. The number of amides is 1. The van der Waals surface area contributed by atoms with Gasteiger partial charge in [0.1, 0.15) is 0 Å². The van der Waals surface area contributed by atoms with Gasteiger partial charge in [0, 0.05) is 20.3 Å². The number of ether oxygens (including phenoxy) is 2. The second kappa shape index (κ2) is 10.6. The number of halogens is 1. The highest BCUT2D eigenvalue weighted by atomic mass is 35.5. The van der Waals surface area contributed by atoms with Crippen LogP contribution in [0.5, 0.6) is 0 Å². The maximum absolute atomic E-state index is 12.9. The minimum Gasteiger partial charge on any atom is -0.384 e. The van der Waals surface area contributed by atoms with Gasteiger partial charge in [-0.3, -0.25) is 4.79 Å². The van der Waals surface area contributed by atoms with E-state index in [0.29, 0.717) is 13.2 Å². The summed E-state index contributed by atoms with van der Waals surface area (Å²) >= 11 is 0. The molecule has 0 spiro atoms. The SMILES string of the molecule is CCCOC1(CNC(=O)C2(COC)CCNCC2)CCCCC1.Cl. The van der Waals surface area contributed by atoms with E-state index < -0.39 is 0 Å². The van der Waals surface area contributed by atoms with Crippen molar-refractivity contribution in [3.05, 3.63) is 0 Å². The van der Waals surface area contributed by atoms with Crippen LogP contribution in [-0.2, 0) is 14.3 Å². The first-order valence-electron chi connectivity index (χ1n) is 9.28. The first-order valence-corrected chi connectivity index (χ1v) is 9.28. The molecule has 1 aliphatic heterocycles. The Balaban J connectivity index is 0.00000288. The lowest BCUT2D eigenvalue weighted by Gasteiger charge is -2.40. The molecule has 1 saturated carbocycles. The fraction of sp³-hybridized carbons (Fsp3) is 0.944. The molecule has 1 heterocycles. The van der Waals surface area contributed by atoms with Crippen molar-refractivity contribution in [1.82, 2.24) is 10.6 Å². The maximum Gasteiger partial charge on any atom is 0.228 e.